The average molecular weight is 432 g/mol. The molecule has 1 atom stereocenters. The molecule has 0 saturated heterocycles. The van der Waals surface area contributed by atoms with Crippen molar-refractivity contribution in [1.29, 1.82) is 0 Å². The second-order valence-electron chi connectivity index (χ2n) is 8.45. The number of carbonyl (C=O) groups excluding carboxylic acids is 3. The number of nitrogens with one attached hydrogen (secondary N) is 1. The zero-order chi connectivity index (χ0) is 22.1. The fourth-order valence-electron chi connectivity index (χ4n) is 4.23. The molecule has 3 rings (SSSR count). The van der Waals surface area contributed by atoms with Crippen LogP contribution in [0.2, 0.25) is 0 Å². The van der Waals surface area contributed by atoms with E-state index in [1.54, 1.807) is 31.4 Å². The molecular formula is C24H33NO6. The summed E-state index contributed by atoms with van der Waals surface area (Å²) in [6.07, 6.45) is 8.27. The van der Waals surface area contributed by atoms with Gasteiger partial charge in [0.25, 0.3) is 0 Å². The Bertz CT molecular complexity index is 735. The van der Waals surface area contributed by atoms with Crippen molar-refractivity contribution in [3.63, 3.8) is 0 Å². The van der Waals surface area contributed by atoms with Crippen LogP contribution in [0, 0.1) is 5.92 Å². The normalized spacial score (nSPS) is 18.2. The van der Waals surface area contributed by atoms with E-state index in [1.807, 2.05) is 0 Å². The molecule has 2 fully saturated rings. The number of amides is 1. The van der Waals surface area contributed by atoms with Gasteiger partial charge in [-0.15, -0.1) is 0 Å². The third-order valence-corrected chi connectivity index (χ3v) is 6.09. The molecule has 7 heteroatoms. The summed E-state index contributed by atoms with van der Waals surface area (Å²) in [6.45, 7) is 0.0519. The molecule has 7 nitrogen and oxygen atoms in total. The summed E-state index contributed by atoms with van der Waals surface area (Å²) >= 11 is 0. The summed E-state index contributed by atoms with van der Waals surface area (Å²) in [6, 6.07) is 6.13. The van der Waals surface area contributed by atoms with Gasteiger partial charge in [-0.3, -0.25) is 9.59 Å². The van der Waals surface area contributed by atoms with Crippen molar-refractivity contribution < 1.29 is 28.6 Å². The number of methoxy groups -OCH3 is 1. The van der Waals surface area contributed by atoms with E-state index in [1.165, 1.54) is 0 Å². The van der Waals surface area contributed by atoms with Crippen LogP contribution in [0.15, 0.2) is 24.3 Å². The lowest BCUT2D eigenvalue weighted by atomic mass is 9.88. The van der Waals surface area contributed by atoms with E-state index < -0.39 is 18.0 Å². The van der Waals surface area contributed by atoms with Crippen LogP contribution in [-0.4, -0.2) is 37.1 Å². The van der Waals surface area contributed by atoms with Crippen LogP contribution in [0.3, 0.4) is 0 Å². The van der Waals surface area contributed by atoms with Gasteiger partial charge in [-0.05, 0) is 56.2 Å². The van der Waals surface area contributed by atoms with Crippen molar-refractivity contribution >= 4 is 17.8 Å². The van der Waals surface area contributed by atoms with Gasteiger partial charge in [-0.2, -0.15) is 0 Å². The Labute approximate surface area is 183 Å². The lowest BCUT2D eigenvalue weighted by molar-refractivity contribution is -0.157. The van der Waals surface area contributed by atoms with Crippen molar-refractivity contribution in [3.05, 3.63) is 29.8 Å². The molecular weight excluding hydrogens is 398 g/mol. The zero-order valence-electron chi connectivity index (χ0n) is 18.3. The van der Waals surface area contributed by atoms with Crippen LogP contribution in [-0.2, 0) is 30.5 Å². The Kier molecular flexibility index (Phi) is 8.74. The number of hydrogen-bond donors (Lipinski definition) is 1. The number of benzene rings is 1. The number of hydrogen-bond acceptors (Lipinski definition) is 6. The molecule has 2 aliphatic rings. The SMILES string of the molecule is COc1ccc(COC(=O)[C@H](CC(=O)OC2CCCC2)NC(=O)C2CCCCC2)cc1. The molecule has 31 heavy (non-hydrogen) atoms. The first kappa shape index (κ1) is 23.1. The van der Waals surface area contributed by atoms with Gasteiger partial charge in [0, 0.05) is 5.92 Å². The Morgan fingerprint density at radius 3 is 2.26 bits per heavy atom. The van der Waals surface area contributed by atoms with Crippen LogP contribution < -0.4 is 10.1 Å². The zero-order valence-corrected chi connectivity index (χ0v) is 18.3. The highest BCUT2D eigenvalue weighted by Gasteiger charge is 2.31. The lowest BCUT2D eigenvalue weighted by Crippen LogP contribution is -2.46. The number of esters is 2. The molecule has 0 heterocycles. The number of rotatable bonds is 9. The molecule has 2 aliphatic carbocycles. The first-order valence-electron chi connectivity index (χ1n) is 11.3. The predicted molar refractivity (Wildman–Crippen MR) is 114 cm³/mol. The monoisotopic (exact) mass is 431 g/mol. The molecule has 1 amide bonds. The summed E-state index contributed by atoms with van der Waals surface area (Å²) in [4.78, 5) is 37.9. The minimum Gasteiger partial charge on any atom is -0.497 e. The van der Waals surface area contributed by atoms with E-state index in [0.717, 1.165) is 63.4 Å². The third-order valence-electron chi connectivity index (χ3n) is 6.09. The Hall–Kier alpha value is -2.57. The Balaban J connectivity index is 1.58. The van der Waals surface area contributed by atoms with Crippen LogP contribution in [0.1, 0.15) is 69.8 Å². The van der Waals surface area contributed by atoms with Crippen molar-refractivity contribution in [2.45, 2.75) is 83.0 Å². The third kappa shape index (κ3) is 7.26. The number of carbonyl (C=O) groups is 3. The summed E-state index contributed by atoms with van der Waals surface area (Å²) in [5.74, 6) is -0.677. The summed E-state index contributed by atoms with van der Waals surface area (Å²) in [5.41, 5.74) is 0.792. The molecule has 2 saturated carbocycles. The lowest BCUT2D eigenvalue weighted by Gasteiger charge is -2.24. The maximum absolute atomic E-state index is 12.8. The summed E-state index contributed by atoms with van der Waals surface area (Å²) in [5, 5.41) is 2.76. The molecule has 0 bridgehead atoms. The quantitative estimate of drug-likeness (QED) is 0.600. The highest BCUT2D eigenvalue weighted by Crippen LogP contribution is 2.24. The van der Waals surface area contributed by atoms with Gasteiger partial charge in [-0.25, -0.2) is 4.79 Å². The highest BCUT2D eigenvalue weighted by atomic mass is 16.5. The minimum atomic E-state index is -1.04. The minimum absolute atomic E-state index is 0.0519. The maximum atomic E-state index is 12.8. The second-order valence-corrected chi connectivity index (χ2v) is 8.45. The topological polar surface area (TPSA) is 90.9 Å². The second kappa shape index (κ2) is 11.7. The smallest absolute Gasteiger partial charge is 0.329 e. The maximum Gasteiger partial charge on any atom is 0.329 e. The molecule has 0 aliphatic heterocycles. The van der Waals surface area contributed by atoms with Crippen LogP contribution in [0.5, 0.6) is 5.75 Å². The van der Waals surface area contributed by atoms with Gasteiger partial charge in [0.05, 0.1) is 13.5 Å². The summed E-state index contributed by atoms with van der Waals surface area (Å²) < 4.78 is 16.0. The highest BCUT2D eigenvalue weighted by molar-refractivity contribution is 5.89. The van der Waals surface area contributed by atoms with Crippen LogP contribution in [0.25, 0.3) is 0 Å². The predicted octanol–water partition coefficient (Wildman–Crippen LogP) is 3.68. The fraction of sp³-hybridized carbons (Fsp3) is 0.625. The van der Waals surface area contributed by atoms with Gasteiger partial charge in [0.1, 0.15) is 24.5 Å². The van der Waals surface area contributed by atoms with Gasteiger partial charge in [-0.1, -0.05) is 31.4 Å². The van der Waals surface area contributed by atoms with Crippen LogP contribution in [0.4, 0.5) is 0 Å². The largest absolute Gasteiger partial charge is 0.497 e. The molecule has 0 aromatic heterocycles. The van der Waals surface area contributed by atoms with Crippen molar-refractivity contribution in [1.82, 2.24) is 5.32 Å². The van der Waals surface area contributed by atoms with Gasteiger partial charge < -0.3 is 19.5 Å². The summed E-state index contributed by atoms with van der Waals surface area (Å²) in [7, 11) is 1.58. The van der Waals surface area contributed by atoms with Crippen molar-refractivity contribution in [3.8, 4) is 5.75 Å². The first-order chi connectivity index (χ1) is 15.0. The fourth-order valence-corrected chi connectivity index (χ4v) is 4.23. The molecule has 1 aromatic rings. The van der Waals surface area contributed by atoms with E-state index in [-0.39, 0.29) is 31.0 Å². The average Bonchev–Trinajstić information content (AvgIpc) is 3.30. The van der Waals surface area contributed by atoms with Crippen LogP contribution >= 0.6 is 0 Å². The van der Waals surface area contributed by atoms with E-state index >= 15 is 0 Å². The molecule has 1 aromatic carbocycles. The molecule has 0 spiro atoms. The van der Waals surface area contributed by atoms with E-state index in [9.17, 15) is 14.4 Å². The molecule has 0 unspecified atom stereocenters. The Morgan fingerprint density at radius 1 is 0.968 bits per heavy atom. The Morgan fingerprint density at radius 2 is 1.61 bits per heavy atom. The van der Waals surface area contributed by atoms with Gasteiger partial charge in [0.15, 0.2) is 0 Å². The van der Waals surface area contributed by atoms with Gasteiger partial charge in [0.2, 0.25) is 5.91 Å². The molecule has 0 radical (unpaired) electrons. The standard InChI is InChI=1S/C24H33NO6/c1-29-19-13-11-17(12-14-19)16-30-24(28)21(15-22(26)31-20-9-5-6-10-20)25-23(27)18-7-3-2-4-8-18/h11-14,18,20-21H,2-10,15-16H2,1H3,(H,25,27)/t21-/m0/s1. The van der Waals surface area contributed by atoms with E-state index in [2.05, 4.69) is 5.32 Å². The van der Waals surface area contributed by atoms with E-state index in [0.29, 0.717) is 5.75 Å². The van der Waals surface area contributed by atoms with Crippen molar-refractivity contribution in [2.24, 2.45) is 5.92 Å². The molecule has 170 valence electrons. The van der Waals surface area contributed by atoms with Crippen molar-refractivity contribution in [2.75, 3.05) is 7.11 Å². The van der Waals surface area contributed by atoms with E-state index in [4.69, 9.17) is 14.2 Å². The molecule has 1 N–H and O–H groups in total. The number of ether oxygens (including phenoxy) is 3. The first-order valence-corrected chi connectivity index (χ1v) is 11.3. The van der Waals surface area contributed by atoms with Gasteiger partial charge >= 0.3 is 11.9 Å².